The van der Waals surface area contributed by atoms with Gasteiger partial charge >= 0.3 is 0 Å². The van der Waals surface area contributed by atoms with Crippen molar-refractivity contribution in [1.29, 1.82) is 0 Å². The topological polar surface area (TPSA) is 12.9 Å². The Morgan fingerprint density at radius 3 is 2.00 bits per heavy atom. The van der Waals surface area contributed by atoms with E-state index in [2.05, 4.69) is 20.9 Å². The van der Waals surface area contributed by atoms with Crippen LogP contribution in [-0.2, 0) is 0 Å². The molecular formula is C9H15BrFN. The summed E-state index contributed by atoms with van der Waals surface area (Å²) in [5, 5.41) is 0. The highest BCUT2D eigenvalue weighted by atomic mass is 79.9. The SMILES string of the molecule is CC.CC.Fc1cc(Br)ccn1. The molecule has 1 nitrogen and oxygen atoms in total. The maximum absolute atomic E-state index is 12.0. The lowest BCUT2D eigenvalue weighted by Crippen LogP contribution is -1.76. The number of halogens is 2. The largest absolute Gasteiger partial charge is 0.228 e. The third kappa shape index (κ3) is 7.66. The summed E-state index contributed by atoms with van der Waals surface area (Å²) in [5.74, 6) is -0.459. The third-order valence-corrected chi connectivity index (χ3v) is 1.18. The molecule has 0 amide bonds. The lowest BCUT2D eigenvalue weighted by molar-refractivity contribution is 0.583. The fourth-order valence-electron chi connectivity index (χ4n) is 0.379. The van der Waals surface area contributed by atoms with Crippen LogP contribution in [0.5, 0.6) is 0 Å². The van der Waals surface area contributed by atoms with Crippen molar-refractivity contribution >= 4 is 15.9 Å². The maximum Gasteiger partial charge on any atom is 0.213 e. The van der Waals surface area contributed by atoms with Gasteiger partial charge in [0.25, 0.3) is 0 Å². The Labute approximate surface area is 82.2 Å². The molecule has 0 bridgehead atoms. The van der Waals surface area contributed by atoms with Crippen molar-refractivity contribution in [3.63, 3.8) is 0 Å². The second-order valence-corrected chi connectivity index (χ2v) is 2.21. The van der Waals surface area contributed by atoms with Gasteiger partial charge in [-0.3, -0.25) is 0 Å². The van der Waals surface area contributed by atoms with Gasteiger partial charge in [0.05, 0.1) is 0 Å². The number of pyridine rings is 1. The van der Waals surface area contributed by atoms with Gasteiger partial charge in [0.1, 0.15) is 0 Å². The van der Waals surface area contributed by atoms with Crippen LogP contribution in [0.1, 0.15) is 27.7 Å². The van der Waals surface area contributed by atoms with Gasteiger partial charge in [-0.05, 0) is 6.07 Å². The molecule has 0 atom stereocenters. The first-order valence-electron chi connectivity index (χ1n) is 4.06. The zero-order valence-electron chi connectivity index (χ0n) is 7.94. The standard InChI is InChI=1S/C5H3BrFN.2C2H6/c6-4-1-2-8-5(7)3-4;2*1-2/h1-3H;2*1-2H3. The first-order chi connectivity index (χ1) is 5.79. The molecule has 1 rings (SSSR count). The number of nitrogens with zero attached hydrogens (tertiary/aromatic N) is 1. The summed E-state index contributed by atoms with van der Waals surface area (Å²) in [4.78, 5) is 3.34. The van der Waals surface area contributed by atoms with Gasteiger partial charge in [-0.15, -0.1) is 0 Å². The van der Waals surface area contributed by atoms with Crippen molar-refractivity contribution in [2.75, 3.05) is 0 Å². The Kier molecular flexibility index (Phi) is 12.4. The van der Waals surface area contributed by atoms with Crippen LogP contribution >= 0.6 is 15.9 Å². The zero-order chi connectivity index (χ0) is 9.98. The molecule has 0 saturated heterocycles. The summed E-state index contributed by atoms with van der Waals surface area (Å²) in [7, 11) is 0. The minimum Gasteiger partial charge on any atom is -0.228 e. The van der Waals surface area contributed by atoms with E-state index in [1.807, 2.05) is 27.7 Å². The highest BCUT2D eigenvalue weighted by Gasteiger charge is 1.87. The Balaban J connectivity index is 0. The van der Waals surface area contributed by atoms with Crippen LogP contribution in [-0.4, -0.2) is 4.98 Å². The smallest absolute Gasteiger partial charge is 0.213 e. The van der Waals surface area contributed by atoms with Crippen molar-refractivity contribution < 1.29 is 4.39 Å². The molecule has 0 N–H and O–H groups in total. The maximum atomic E-state index is 12.0. The number of hydrogen-bond acceptors (Lipinski definition) is 1. The minimum atomic E-state index is -0.459. The van der Waals surface area contributed by atoms with E-state index in [4.69, 9.17) is 0 Å². The molecule has 0 spiro atoms. The van der Waals surface area contributed by atoms with Gasteiger partial charge in [-0.2, -0.15) is 4.39 Å². The van der Waals surface area contributed by atoms with Gasteiger partial charge in [-0.25, -0.2) is 4.98 Å². The predicted molar refractivity (Wildman–Crippen MR) is 54.6 cm³/mol. The highest BCUT2D eigenvalue weighted by molar-refractivity contribution is 9.10. The van der Waals surface area contributed by atoms with Crippen molar-refractivity contribution in [1.82, 2.24) is 4.98 Å². The third-order valence-electron chi connectivity index (χ3n) is 0.689. The van der Waals surface area contributed by atoms with Gasteiger partial charge in [0, 0.05) is 16.7 Å². The molecule has 0 radical (unpaired) electrons. The average molecular weight is 236 g/mol. The molecule has 70 valence electrons. The highest BCUT2D eigenvalue weighted by Crippen LogP contribution is 2.06. The number of hydrogen-bond donors (Lipinski definition) is 0. The zero-order valence-corrected chi connectivity index (χ0v) is 9.52. The van der Waals surface area contributed by atoms with E-state index in [1.165, 1.54) is 12.3 Å². The minimum absolute atomic E-state index is 0.459. The van der Waals surface area contributed by atoms with Crippen molar-refractivity contribution in [3.05, 3.63) is 28.7 Å². The molecule has 0 saturated carbocycles. The Hall–Kier alpha value is -0.440. The average Bonchev–Trinajstić information content (AvgIpc) is 2.11. The van der Waals surface area contributed by atoms with Crippen LogP contribution in [0.2, 0.25) is 0 Å². The van der Waals surface area contributed by atoms with E-state index >= 15 is 0 Å². The molecule has 1 aromatic rings. The van der Waals surface area contributed by atoms with Crippen LogP contribution < -0.4 is 0 Å². The number of rotatable bonds is 0. The molecule has 1 heterocycles. The van der Waals surface area contributed by atoms with Gasteiger partial charge in [0.15, 0.2) is 0 Å². The Morgan fingerprint density at radius 1 is 1.25 bits per heavy atom. The first kappa shape index (κ1) is 14.1. The van der Waals surface area contributed by atoms with E-state index in [-0.39, 0.29) is 0 Å². The molecule has 0 aliphatic rings. The summed E-state index contributed by atoms with van der Waals surface area (Å²) in [6.07, 6.45) is 1.40. The molecule has 0 aromatic carbocycles. The van der Waals surface area contributed by atoms with E-state index < -0.39 is 5.95 Å². The lowest BCUT2D eigenvalue weighted by atomic mass is 10.5. The lowest BCUT2D eigenvalue weighted by Gasteiger charge is -1.85. The monoisotopic (exact) mass is 235 g/mol. The second kappa shape index (κ2) is 10.6. The van der Waals surface area contributed by atoms with Crippen molar-refractivity contribution in [3.8, 4) is 0 Å². The van der Waals surface area contributed by atoms with E-state index in [0.29, 0.717) is 4.47 Å². The molecule has 12 heavy (non-hydrogen) atoms. The molecular weight excluding hydrogens is 221 g/mol. The van der Waals surface area contributed by atoms with Crippen LogP contribution in [0, 0.1) is 5.95 Å². The van der Waals surface area contributed by atoms with Gasteiger partial charge < -0.3 is 0 Å². The normalized spacial score (nSPS) is 7.17. The summed E-state index contributed by atoms with van der Waals surface area (Å²) >= 11 is 3.08. The van der Waals surface area contributed by atoms with Gasteiger partial charge in [-0.1, -0.05) is 43.6 Å². The fourth-order valence-corrected chi connectivity index (χ4v) is 0.686. The van der Waals surface area contributed by atoms with E-state index in [0.717, 1.165) is 0 Å². The van der Waals surface area contributed by atoms with Crippen molar-refractivity contribution in [2.24, 2.45) is 0 Å². The molecule has 1 aromatic heterocycles. The van der Waals surface area contributed by atoms with Crippen LogP contribution in [0.25, 0.3) is 0 Å². The first-order valence-corrected chi connectivity index (χ1v) is 4.85. The molecule has 0 unspecified atom stereocenters. The second-order valence-electron chi connectivity index (χ2n) is 1.30. The summed E-state index contributed by atoms with van der Waals surface area (Å²) in [5.41, 5.74) is 0. The Morgan fingerprint density at radius 2 is 1.75 bits per heavy atom. The van der Waals surface area contributed by atoms with Crippen LogP contribution in [0.3, 0.4) is 0 Å². The van der Waals surface area contributed by atoms with Crippen LogP contribution in [0.15, 0.2) is 22.8 Å². The summed E-state index contributed by atoms with van der Waals surface area (Å²) in [6, 6.07) is 2.98. The van der Waals surface area contributed by atoms with Crippen molar-refractivity contribution in [2.45, 2.75) is 27.7 Å². The summed E-state index contributed by atoms with van der Waals surface area (Å²) in [6.45, 7) is 8.00. The molecule has 0 aliphatic heterocycles. The van der Waals surface area contributed by atoms with E-state index in [9.17, 15) is 4.39 Å². The molecule has 3 heteroatoms. The van der Waals surface area contributed by atoms with Crippen LogP contribution in [0.4, 0.5) is 4.39 Å². The van der Waals surface area contributed by atoms with E-state index in [1.54, 1.807) is 6.07 Å². The van der Waals surface area contributed by atoms with Gasteiger partial charge in [0.2, 0.25) is 5.95 Å². The fraction of sp³-hybridized carbons (Fsp3) is 0.444. The predicted octanol–water partition coefficient (Wildman–Crippen LogP) is 4.04. The molecule has 0 aliphatic carbocycles. The number of aromatic nitrogens is 1. The Bertz CT molecular complexity index is 174. The quantitative estimate of drug-likeness (QED) is 0.619. The molecule has 0 fully saturated rings. The summed E-state index contributed by atoms with van der Waals surface area (Å²) < 4.78 is 12.7.